The zero-order valence-corrected chi connectivity index (χ0v) is 15.5. The maximum absolute atomic E-state index is 12.7. The van der Waals surface area contributed by atoms with Crippen molar-refractivity contribution < 1.29 is 22.8 Å². The molecule has 0 fully saturated rings. The summed E-state index contributed by atoms with van der Waals surface area (Å²) in [7, 11) is 0. The summed E-state index contributed by atoms with van der Waals surface area (Å²) >= 11 is 1.53. The molecule has 0 spiro atoms. The maximum atomic E-state index is 12.7. The smallest absolute Gasteiger partial charge is 0.350 e. The average Bonchev–Trinajstić information content (AvgIpc) is 3.12. The summed E-state index contributed by atoms with van der Waals surface area (Å²) in [5, 5.41) is 7.12. The number of amides is 2. The van der Waals surface area contributed by atoms with Crippen molar-refractivity contribution in [2.45, 2.75) is 19.6 Å². The normalized spacial score (nSPS) is 11.4. The number of anilines is 1. The standard InChI is InChI=1S/C18H20F3N3O2S/c1-2-24(11-16(25)22-10-15-7-4-8-27-15)12-17(26)23-14-6-3-5-13(9-14)18(19,20)21/h3-9H,2,10-12H2,1H3,(H,22,25)(H,23,26). The van der Waals surface area contributed by atoms with E-state index in [0.717, 1.165) is 17.0 Å². The van der Waals surface area contributed by atoms with Crippen LogP contribution < -0.4 is 10.6 Å². The Kier molecular flexibility index (Phi) is 7.37. The molecule has 1 aromatic heterocycles. The molecule has 2 rings (SSSR count). The molecule has 2 aromatic rings. The second-order valence-electron chi connectivity index (χ2n) is 5.79. The fraction of sp³-hybridized carbons (Fsp3) is 0.333. The molecule has 2 N–H and O–H groups in total. The fourth-order valence-corrected chi connectivity index (χ4v) is 2.96. The molecule has 0 bridgehead atoms. The maximum Gasteiger partial charge on any atom is 0.416 e. The van der Waals surface area contributed by atoms with Gasteiger partial charge in [-0.1, -0.05) is 19.1 Å². The van der Waals surface area contributed by atoms with Gasteiger partial charge in [0.25, 0.3) is 0 Å². The monoisotopic (exact) mass is 399 g/mol. The van der Waals surface area contributed by atoms with Crippen molar-refractivity contribution >= 4 is 28.8 Å². The predicted octanol–water partition coefficient (Wildman–Crippen LogP) is 3.34. The molecule has 0 aliphatic carbocycles. The van der Waals surface area contributed by atoms with Gasteiger partial charge in [-0.2, -0.15) is 13.2 Å². The first kappa shape index (κ1) is 20.9. The minimum atomic E-state index is -4.48. The van der Waals surface area contributed by atoms with Gasteiger partial charge < -0.3 is 10.6 Å². The van der Waals surface area contributed by atoms with E-state index < -0.39 is 17.6 Å². The molecular weight excluding hydrogens is 379 g/mol. The molecule has 0 radical (unpaired) electrons. The van der Waals surface area contributed by atoms with Gasteiger partial charge in [0.15, 0.2) is 0 Å². The highest BCUT2D eigenvalue weighted by atomic mass is 32.1. The highest BCUT2D eigenvalue weighted by Crippen LogP contribution is 2.30. The first-order valence-electron chi connectivity index (χ1n) is 8.26. The summed E-state index contributed by atoms with van der Waals surface area (Å²) < 4.78 is 38.2. The molecule has 0 saturated heterocycles. The number of hydrogen-bond acceptors (Lipinski definition) is 4. The van der Waals surface area contributed by atoms with Crippen molar-refractivity contribution in [2.75, 3.05) is 25.0 Å². The molecule has 5 nitrogen and oxygen atoms in total. The van der Waals surface area contributed by atoms with Crippen LogP contribution in [-0.2, 0) is 22.3 Å². The Labute approximate surface area is 159 Å². The largest absolute Gasteiger partial charge is 0.416 e. The molecule has 146 valence electrons. The van der Waals surface area contributed by atoms with Crippen LogP contribution in [0.2, 0.25) is 0 Å². The first-order valence-corrected chi connectivity index (χ1v) is 9.14. The van der Waals surface area contributed by atoms with Crippen LogP contribution >= 0.6 is 11.3 Å². The SMILES string of the molecule is CCN(CC(=O)NCc1cccs1)CC(=O)Nc1cccc(C(F)(F)F)c1. The fourth-order valence-electron chi connectivity index (χ4n) is 2.31. The lowest BCUT2D eigenvalue weighted by Gasteiger charge is -2.19. The lowest BCUT2D eigenvalue weighted by atomic mass is 10.2. The van der Waals surface area contributed by atoms with Crippen molar-refractivity contribution in [3.63, 3.8) is 0 Å². The predicted molar refractivity (Wildman–Crippen MR) is 98.4 cm³/mol. The van der Waals surface area contributed by atoms with Crippen LogP contribution in [-0.4, -0.2) is 36.3 Å². The Bertz CT molecular complexity index is 763. The number of carbonyl (C=O) groups excluding carboxylic acids is 2. The second kappa shape index (κ2) is 9.52. The van der Waals surface area contributed by atoms with E-state index in [2.05, 4.69) is 10.6 Å². The zero-order valence-electron chi connectivity index (χ0n) is 14.7. The number of benzene rings is 1. The Balaban J connectivity index is 1.84. The minimum Gasteiger partial charge on any atom is -0.350 e. The Morgan fingerprint density at radius 2 is 1.85 bits per heavy atom. The number of thiophene rings is 1. The average molecular weight is 399 g/mol. The number of likely N-dealkylation sites (N-methyl/N-ethyl adjacent to an activating group) is 1. The third kappa shape index (κ3) is 7.03. The molecule has 1 heterocycles. The Hall–Kier alpha value is -2.39. The Morgan fingerprint density at radius 1 is 1.11 bits per heavy atom. The lowest BCUT2D eigenvalue weighted by Crippen LogP contribution is -2.40. The van der Waals surface area contributed by atoms with Gasteiger partial charge in [-0.25, -0.2) is 0 Å². The molecule has 0 atom stereocenters. The van der Waals surface area contributed by atoms with Gasteiger partial charge >= 0.3 is 6.18 Å². The number of carbonyl (C=O) groups is 2. The number of nitrogens with zero attached hydrogens (tertiary/aromatic N) is 1. The van der Waals surface area contributed by atoms with E-state index in [1.165, 1.54) is 23.5 Å². The second-order valence-corrected chi connectivity index (χ2v) is 6.82. The van der Waals surface area contributed by atoms with Crippen LogP contribution in [0.15, 0.2) is 41.8 Å². The lowest BCUT2D eigenvalue weighted by molar-refractivity contribution is -0.137. The van der Waals surface area contributed by atoms with Gasteiger partial charge in [0, 0.05) is 10.6 Å². The molecule has 1 aromatic carbocycles. The van der Waals surface area contributed by atoms with Crippen LogP contribution in [0.5, 0.6) is 0 Å². The molecule has 0 saturated carbocycles. The van der Waals surface area contributed by atoms with Gasteiger partial charge in [0.05, 0.1) is 25.2 Å². The van der Waals surface area contributed by atoms with Crippen molar-refractivity contribution in [3.05, 3.63) is 52.2 Å². The van der Waals surface area contributed by atoms with E-state index in [1.807, 2.05) is 17.5 Å². The third-order valence-electron chi connectivity index (χ3n) is 3.70. The topological polar surface area (TPSA) is 61.4 Å². The summed E-state index contributed by atoms with van der Waals surface area (Å²) in [6.07, 6.45) is -4.48. The van der Waals surface area contributed by atoms with Crippen LogP contribution in [0.4, 0.5) is 18.9 Å². The number of rotatable bonds is 8. The highest BCUT2D eigenvalue weighted by Gasteiger charge is 2.30. The van der Waals surface area contributed by atoms with Crippen LogP contribution in [0.25, 0.3) is 0 Å². The summed E-state index contributed by atoms with van der Waals surface area (Å²) in [5.74, 6) is -0.709. The van der Waals surface area contributed by atoms with Crippen LogP contribution in [0, 0.1) is 0 Å². The zero-order chi connectivity index (χ0) is 19.9. The van der Waals surface area contributed by atoms with E-state index in [4.69, 9.17) is 0 Å². The van der Waals surface area contributed by atoms with Crippen molar-refractivity contribution in [1.82, 2.24) is 10.2 Å². The van der Waals surface area contributed by atoms with Crippen LogP contribution in [0.3, 0.4) is 0 Å². The molecule has 0 unspecified atom stereocenters. The molecule has 27 heavy (non-hydrogen) atoms. The minimum absolute atomic E-state index is 0.0257. The van der Waals surface area contributed by atoms with Crippen molar-refractivity contribution in [3.8, 4) is 0 Å². The summed E-state index contributed by atoms with van der Waals surface area (Å²) in [6, 6.07) is 8.23. The quantitative estimate of drug-likeness (QED) is 0.716. The molecule has 9 heteroatoms. The first-order chi connectivity index (χ1) is 12.8. The summed E-state index contributed by atoms with van der Waals surface area (Å²) in [6.45, 7) is 2.59. The number of alkyl halides is 3. The number of nitrogens with one attached hydrogen (secondary N) is 2. The van der Waals surface area contributed by atoms with E-state index in [0.29, 0.717) is 13.1 Å². The number of hydrogen-bond donors (Lipinski definition) is 2. The van der Waals surface area contributed by atoms with Gasteiger partial charge in [-0.05, 0) is 36.2 Å². The number of halogens is 3. The summed E-state index contributed by atoms with van der Waals surface area (Å²) in [4.78, 5) is 26.7. The highest BCUT2D eigenvalue weighted by molar-refractivity contribution is 7.09. The summed E-state index contributed by atoms with van der Waals surface area (Å²) in [5.41, 5.74) is -0.770. The van der Waals surface area contributed by atoms with Gasteiger partial charge in [-0.15, -0.1) is 11.3 Å². The van der Waals surface area contributed by atoms with Gasteiger partial charge in [0.2, 0.25) is 11.8 Å². The molecule has 2 amide bonds. The van der Waals surface area contributed by atoms with E-state index >= 15 is 0 Å². The van der Waals surface area contributed by atoms with Gasteiger partial charge in [-0.3, -0.25) is 14.5 Å². The third-order valence-corrected chi connectivity index (χ3v) is 4.57. The molecule has 0 aliphatic rings. The Morgan fingerprint density at radius 3 is 2.48 bits per heavy atom. The van der Waals surface area contributed by atoms with Gasteiger partial charge in [0.1, 0.15) is 0 Å². The van der Waals surface area contributed by atoms with E-state index in [-0.39, 0.29) is 24.7 Å². The van der Waals surface area contributed by atoms with Crippen LogP contribution in [0.1, 0.15) is 17.4 Å². The van der Waals surface area contributed by atoms with Crippen molar-refractivity contribution in [2.24, 2.45) is 0 Å². The van der Waals surface area contributed by atoms with E-state index in [9.17, 15) is 22.8 Å². The molecule has 0 aliphatic heterocycles. The molecular formula is C18H20F3N3O2S. The van der Waals surface area contributed by atoms with E-state index in [1.54, 1.807) is 11.8 Å². The van der Waals surface area contributed by atoms with Crippen molar-refractivity contribution in [1.29, 1.82) is 0 Å².